The lowest BCUT2D eigenvalue weighted by Gasteiger charge is -1.79. The number of hydrogen-bond donors (Lipinski definition) is 0. The fraction of sp³-hybridized carbons (Fsp3) is 0. The molecule has 0 fully saturated rings. The van der Waals surface area contributed by atoms with E-state index in [4.69, 9.17) is 11.6 Å². The summed E-state index contributed by atoms with van der Waals surface area (Å²) in [6.07, 6.45) is 3.44. The number of pyridine rings is 1. The highest BCUT2D eigenvalue weighted by atomic mass is 35.5. The van der Waals surface area contributed by atoms with Gasteiger partial charge >= 0.3 is 0 Å². The highest BCUT2D eigenvalue weighted by molar-refractivity contribution is 7.22. The van der Waals surface area contributed by atoms with Gasteiger partial charge in [0.1, 0.15) is 5.52 Å². The topological polar surface area (TPSA) is 25.8 Å². The normalized spacial score (nSPS) is 10.5. The van der Waals surface area contributed by atoms with Crippen molar-refractivity contribution in [2.75, 3.05) is 0 Å². The maximum absolute atomic E-state index is 5.66. The van der Waals surface area contributed by atoms with Crippen LogP contribution >= 0.6 is 22.9 Å². The van der Waals surface area contributed by atoms with E-state index in [0.29, 0.717) is 4.47 Å². The van der Waals surface area contributed by atoms with E-state index in [1.165, 1.54) is 11.3 Å². The molecular weight excluding hydrogens is 168 g/mol. The molecule has 0 unspecified atom stereocenters. The summed E-state index contributed by atoms with van der Waals surface area (Å²) in [6.45, 7) is 0. The average molecular weight is 171 g/mol. The van der Waals surface area contributed by atoms with Crippen molar-refractivity contribution >= 4 is 33.2 Å². The Bertz CT molecular complexity index is 324. The van der Waals surface area contributed by atoms with Gasteiger partial charge in [-0.1, -0.05) is 11.6 Å². The van der Waals surface area contributed by atoms with E-state index >= 15 is 0 Å². The number of halogens is 1. The van der Waals surface area contributed by atoms with Crippen LogP contribution in [0.1, 0.15) is 0 Å². The number of fused-ring (bicyclic) bond motifs is 1. The lowest BCUT2D eigenvalue weighted by atomic mass is 10.5. The molecule has 0 radical (unpaired) electrons. The first-order valence-corrected chi connectivity index (χ1v) is 3.92. The highest BCUT2D eigenvalue weighted by Gasteiger charge is 1.98. The number of aromatic nitrogens is 2. The van der Waals surface area contributed by atoms with E-state index in [-0.39, 0.29) is 0 Å². The summed E-state index contributed by atoms with van der Waals surface area (Å²) in [5.74, 6) is 0. The molecule has 0 N–H and O–H groups in total. The second kappa shape index (κ2) is 2.18. The zero-order chi connectivity index (χ0) is 6.97. The Kier molecular flexibility index (Phi) is 1.32. The first-order chi connectivity index (χ1) is 4.86. The molecule has 0 spiro atoms. The number of nitrogens with zero attached hydrogens (tertiary/aromatic N) is 2. The van der Waals surface area contributed by atoms with Crippen molar-refractivity contribution < 1.29 is 0 Å². The highest BCUT2D eigenvalue weighted by Crippen LogP contribution is 2.23. The first kappa shape index (κ1) is 6.07. The zero-order valence-electron chi connectivity index (χ0n) is 4.91. The summed E-state index contributed by atoms with van der Waals surface area (Å²) < 4.78 is 1.66. The van der Waals surface area contributed by atoms with Crippen LogP contribution in [-0.4, -0.2) is 9.97 Å². The maximum Gasteiger partial charge on any atom is 0.184 e. The van der Waals surface area contributed by atoms with Gasteiger partial charge in [0.15, 0.2) is 4.47 Å². The standard InChI is InChI=1S/C6H3ClN2S/c7-6-9-4-3-8-2-1-5(4)10-6/h1-3H. The molecule has 0 saturated heterocycles. The Morgan fingerprint density at radius 2 is 2.40 bits per heavy atom. The van der Waals surface area contributed by atoms with Crippen LogP contribution in [0.3, 0.4) is 0 Å². The van der Waals surface area contributed by atoms with E-state index in [1.807, 2.05) is 6.07 Å². The molecule has 10 heavy (non-hydrogen) atoms. The number of rotatable bonds is 0. The summed E-state index contributed by atoms with van der Waals surface area (Å²) in [5, 5.41) is 0. The third-order valence-corrected chi connectivity index (χ3v) is 2.30. The molecule has 2 aromatic rings. The van der Waals surface area contributed by atoms with Crippen LogP contribution in [0.2, 0.25) is 4.47 Å². The van der Waals surface area contributed by atoms with Crippen LogP contribution in [0.15, 0.2) is 18.5 Å². The van der Waals surface area contributed by atoms with Crippen molar-refractivity contribution in [1.29, 1.82) is 0 Å². The summed E-state index contributed by atoms with van der Waals surface area (Å²) in [6, 6.07) is 1.90. The van der Waals surface area contributed by atoms with Gasteiger partial charge in [-0.3, -0.25) is 4.98 Å². The lowest BCUT2D eigenvalue weighted by molar-refractivity contribution is 1.34. The maximum atomic E-state index is 5.66. The molecule has 2 rings (SSSR count). The van der Waals surface area contributed by atoms with E-state index < -0.39 is 0 Å². The van der Waals surface area contributed by atoms with Gasteiger partial charge in [-0.15, -0.1) is 11.3 Å². The number of thiazole rings is 1. The lowest BCUT2D eigenvalue weighted by Crippen LogP contribution is -1.68. The molecule has 0 aliphatic rings. The monoisotopic (exact) mass is 170 g/mol. The molecule has 0 aromatic carbocycles. The van der Waals surface area contributed by atoms with E-state index in [9.17, 15) is 0 Å². The number of hydrogen-bond acceptors (Lipinski definition) is 3. The molecule has 0 aliphatic carbocycles. The van der Waals surface area contributed by atoms with Crippen molar-refractivity contribution in [1.82, 2.24) is 9.97 Å². The fourth-order valence-corrected chi connectivity index (χ4v) is 1.75. The van der Waals surface area contributed by atoms with Crippen LogP contribution < -0.4 is 0 Å². The smallest absolute Gasteiger partial charge is 0.184 e. The van der Waals surface area contributed by atoms with Crippen LogP contribution in [0.25, 0.3) is 10.2 Å². The average Bonchev–Trinajstić information content (AvgIpc) is 2.27. The first-order valence-electron chi connectivity index (χ1n) is 2.72. The molecule has 0 saturated carbocycles. The summed E-state index contributed by atoms with van der Waals surface area (Å²) in [4.78, 5) is 7.95. The predicted molar refractivity (Wildman–Crippen MR) is 42.4 cm³/mol. The summed E-state index contributed by atoms with van der Waals surface area (Å²) in [7, 11) is 0. The van der Waals surface area contributed by atoms with Crippen LogP contribution in [-0.2, 0) is 0 Å². The molecule has 0 bridgehead atoms. The molecule has 2 heterocycles. The Labute approximate surface area is 66.5 Å². The van der Waals surface area contributed by atoms with Crippen LogP contribution in [0.4, 0.5) is 0 Å². The Hall–Kier alpha value is -0.670. The minimum absolute atomic E-state index is 0.572. The van der Waals surface area contributed by atoms with Gasteiger partial charge in [0, 0.05) is 6.20 Å². The van der Waals surface area contributed by atoms with E-state index in [2.05, 4.69) is 9.97 Å². The molecule has 2 nitrogen and oxygen atoms in total. The van der Waals surface area contributed by atoms with E-state index in [1.54, 1.807) is 12.4 Å². The second-order valence-corrected chi connectivity index (χ2v) is 3.42. The largest absolute Gasteiger partial charge is 0.262 e. The van der Waals surface area contributed by atoms with Crippen molar-refractivity contribution in [3.8, 4) is 0 Å². The molecule has 4 heteroatoms. The fourth-order valence-electron chi connectivity index (χ4n) is 0.752. The van der Waals surface area contributed by atoms with Gasteiger partial charge in [0.25, 0.3) is 0 Å². The van der Waals surface area contributed by atoms with Gasteiger partial charge in [-0.05, 0) is 6.07 Å². The van der Waals surface area contributed by atoms with Gasteiger partial charge < -0.3 is 0 Å². The van der Waals surface area contributed by atoms with Gasteiger partial charge in [0.2, 0.25) is 0 Å². The molecule has 0 aliphatic heterocycles. The van der Waals surface area contributed by atoms with Gasteiger partial charge in [0.05, 0.1) is 10.9 Å². The third kappa shape index (κ3) is 0.874. The van der Waals surface area contributed by atoms with E-state index in [0.717, 1.165) is 10.2 Å². The molecular formula is C6H3ClN2S. The summed E-state index contributed by atoms with van der Waals surface area (Å²) >= 11 is 7.13. The Morgan fingerprint density at radius 1 is 1.50 bits per heavy atom. The van der Waals surface area contributed by atoms with Crippen molar-refractivity contribution in [3.05, 3.63) is 22.9 Å². The molecule has 2 aromatic heterocycles. The second-order valence-electron chi connectivity index (χ2n) is 1.81. The molecule has 0 amide bonds. The van der Waals surface area contributed by atoms with Crippen LogP contribution in [0.5, 0.6) is 0 Å². The predicted octanol–water partition coefficient (Wildman–Crippen LogP) is 2.34. The minimum atomic E-state index is 0.572. The minimum Gasteiger partial charge on any atom is -0.262 e. The van der Waals surface area contributed by atoms with Crippen molar-refractivity contribution in [2.45, 2.75) is 0 Å². The van der Waals surface area contributed by atoms with Crippen molar-refractivity contribution in [2.24, 2.45) is 0 Å². The van der Waals surface area contributed by atoms with Gasteiger partial charge in [-0.25, -0.2) is 4.98 Å². The molecule has 0 atom stereocenters. The Morgan fingerprint density at radius 3 is 3.20 bits per heavy atom. The van der Waals surface area contributed by atoms with Crippen molar-refractivity contribution in [3.63, 3.8) is 0 Å². The Balaban J connectivity index is 2.88. The zero-order valence-corrected chi connectivity index (χ0v) is 6.49. The molecule has 50 valence electrons. The van der Waals surface area contributed by atoms with Gasteiger partial charge in [-0.2, -0.15) is 0 Å². The quantitative estimate of drug-likeness (QED) is 0.607. The summed E-state index contributed by atoms with van der Waals surface area (Å²) in [5.41, 5.74) is 0.873. The third-order valence-electron chi connectivity index (χ3n) is 1.16. The SMILES string of the molecule is Clc1nc2cnccc2s1. The van der Waals surface area contributed by atoms with Crippen LogP contribution in [0, 0.1) is 0 Å².